The Kier molecular flexibility index (Phi) is 3.00. The lowest BCUT2D eigenvalue weighted by Crippen LogP contribution is -2.28. The molecular weight excluding hydrogens is 170 g/mol. The maximum absolute atomic E-state index is 3.76. The van der Waals surface area contributed by atoms with Gasteiger partial charge >= 0.3 is 0 Å². The van der Waals surface area contributed by atoms with E-state index in [0.29, 0.717) is 5.92 Å². The van der Waals surface area contributed by atoms with Gasteiger partial charge in [0.1, 0.15) is 0 Å². The van der Waals surface area contributed by atoms with Gasteiger partial charge in [-0.25, -0.2) is 0 Å². The third-order valence-corrected chi connectivity index (χ3v) is 2.94. The summed E-state index contributed by atoms with van der Waals surface area (Å²) >= 11 is 0. The van der Waals surface area contributed by atoms with E-state index in [2.05, 4.69) is 36.2 Å². The molecule has 14 heavy (non-hydrogen) atoms. The zero-order valence-electron chi connectivity index (χ0n) is 8.50. The normalized spacial score (nSPS) is 21.9. The molecule has 1 aliphatic rings. The molecule has 0 bridgehead atoms. The van der Waals surface area contributed by atoms with Crippen molar-refractivity contribution in [2.75, 3.05) is 13.1 Å². The molecule has 0 saturated carbocycles. The second kappa shape index (κ2) is 4.43. The lowest BCUT2D eigenvalue weighted by atomic mass is 9.91. The number of benzene rings is 1. The lowest BCUT2D eigenvalue weighted by Gasteiger charge is -2.23. The second-order valence-electron chi connectivity index (χ2n) is 3.91. The highest BCUT2D eigenvalue weighted by atomic mass is 14.9. The van der Waals surface area contributed by atoms with Crippen LogP contribution >= 0.6 is 0 Å². The van der Waals surface area contributed by atoms with Crippen molar-refractivity contribution in [2.24, 2.45) is 0 Å². The summed E-state index contributed by atoms with van der Waals surface area (Å²) in [5.74, 6) is 0.711. The molecule has 0 aromatic heterocycles. The standard InChI is InChI=1S/C13H17N/c1-2-11-5-7-12(8-6-11)13-4-3-9-14-10-13/h2,5-8,13-14H,1,3-4,9-10H2. The molecule has 1 aromatic rings. The van der Waals surface area contributed by atoms with E-state index in [0.717, 1.165) is 6.54 Å². The molecule has 0 amide bonds. The first-order valence-corrected chi connectivity index (χ1v) is 5.33. The van der Waals surface area contributed by atoms with Crippen LogP contribution in [0, 0.1) is 0 Å². The van der Waals surface area contributed by atoms with E-state index in [-0.39, 0.29) is 0 Å². The van der Waals surface area contributed by atoms with Gasteiger partial charge in [0.2, 0.25) is 0 Å². The van der Waals surface area contributed by atoms with Crippen molar-refractivity contribution in [3.05, 3.63) is 42.0 Å². The molecule has 1 aliphatic heterocycles. The van der Waals surface area contributed by atoms with E-state index in [9.17, 15) is 0 Å². The Balaban J connectivity index is 2.11. The molecule has 74 valence electrons. The number of hydrogen-bond acceptors (Lipinski definition) is 1. The maximum Gasteiger partial charge on any atom is 0.00201 e. The minimum Gasteiger partial charge on any atom is -0.316 e. The Morgan fingerprint density at radius 3 is 2.64 bits per heavy atom. The highest BCUT2D eigenvalue weighted by molar-refractivity contribution is 5.47. The molecule has 0 spiro atoms. The third kappa shape index (κ3) is 2.05. The van der Waals surface area contributed by atoms with Crippen LogP contribution in [0.15, 0.2) is 30.8 Å². The van der Waals surface area contributed by atoms with Crippen LogP contribution in [0.4, 0.5) is 0 Å². The van der Waals surface area contributed by atoms with Crippen LogP contribution in [0.25, 0.3) is 6.08 Å². The summed E-state index contributed by atoms with van der Waals surface area (Å²) in [4.78, 5) is 0. The Hall–Kier alpha value is -1.08. The Morgan fingerprint density at radius 2 is 2.07 bits per heavy atom. The number of piperidine rings is 1. The molecule has 1 nitrogen and oxygen atoms in total. The zero-order chi connectivity index (χ0) is 9.80. The first kappa shape index (κ1) is 9.47. The van der Waals surface area contributed by atoms with Crippen molar-refractivity contribution in [3.63, 3.8) is 0 Å². The number of nitrogens with one attached hydrogen (secondary N) is 1. The second-order valence-corrected chi connectivity index (χ2v) is 3.91. The van der Waals surface area contributed by atoms with Crippen LogP contribution in [0.3, 0.4) is 0 Å². The third-order valence-electron chi connectivity index (χ3n) is 2.94. The minimum absolute atomic E-state index is 0.711. The predicted octanol–water partition coefficient (Wildman–Crippen LogP) is 2.80. The number of rotatable bonds is 2. The summed E-state index contributed by atoms with van der Waals surface area (Å²) in [6.45, 7) is 6.07. The summed E-state index contributed by atoms with van der Waals surface area (Å²) in [6.07, 6.45) is 4.51. The van der Waals surface area contributed by atoms with Crippen molar-refractivity contribution in [3.8, 4) is 0 Å². The van der Waals surface area contributed by atoms with Crippen molar-refractivity contribution in [1.82, 2.24) is 5.32 Å². The Bertz CT molecular complexity index is 294. The molecule has 1 saturated heterocycles. The van der Waals surface area contributed by atoms with E-state index in [1.165, 1.54) is 30.5 Å². The van der Waals surface area contributed by atoms with E-state index in [1.54, 1.807) is 0 Å². The summed E-state index contributed by atoms with van der Waals surface area (Å²) < 4.78 is 0. The average Bonchev–Trinajstić information content (AvgIpc) is 2.30. The van der Waals surface area contributed by atoms with E-state index in [4.69, 9.17) is 0 Å². The van der Waals surface area contributed by atoms with E-state index >= 15 is 0 Å². The van der Waals surface area contributed by atoms with Crippen molar-refractivity contribution in [2.45, 2.75) is 18.8 Å². The van der Waals surface area contributed by atoms with Crippen molar-refractivity contribution in [1.29, 1.82) is 0 Å². The Labute approximate surface area is 85.8 Å². The number of hydrogen-bond donors (Lipinski definition) is 1. The van der Waals surface area contributed by atoms with Gasteiger partial charge in [-0.05, 0) is 36.4 Å². The predicted molar refractivity (Wildman–Crippen MR) is 61.4 cm³/mol. The maximum atomic E-state index is 3.76. The SMILES string of the molecule is C=Cc1ccc(C2CCCNC2)cc1. The molecule has 1 heterocycles. The van der Waals surface area contributed by atoms with Gasteiger partial charge in [0.25, 0.3) is 0 Å². The van der Waals surface area contributed by atoms with Gasteiger partial charge < -0.3 is 5.32 Å². The fourth-order valence-electron chi connectivity index (χ4n) is 2.04. The Morgan fingerprint density at radius 1 is 1.29 bits per heavy atom. The van der Waals surface area contributed by atoms with Crippen molar-refractivity contribution < 1.29 is 0 Å². The highest BCUT2D eigenvalue weighted by Crippen LogP contribution is 2.23. The van der Waals surface area contributed by atoms with Crippen molar-refractivity contribution >= 4 is 6.08 Å². The fraction of sp³-hybridized carbons (Fsp3) is 0.385. The molecule has 0 aliphatic carbocycles. The largest absolute Gasteiger partial charge is 0.316 e. The smallest absolute Gasteiger partial charge is 0.00201 e. The van der Waals surface area contributed by atoms with Crippen LogP contribution in [-0.2, 0) is 0 Å². The van der Waals surface area contributed by atoms with Crippen LogP contribution in [-0.4, -0.2) is 13.1 Å². The fourth-order valence-corrected chi connectivity index (χ4v) is 2.04. The first-order valence-electron chi connectivity index (χ1n) is 5.33. The first-order chi connectivity index (χ1) is 6.90. The van der Waals surface area contributed by atoms with E-state index < -0.39 is 0 Å². The highest BCUT2D eigenvalue weighted by Gasteiger charge is 2.14. The summed E-state index contributed by atoms with van der Waals surface area (Å²) in [7, 11) is 0. The summed E-state index contributed by atoms with van der Waals surface area (Å²) in [5.41, 5.74) is 2.67. The van der Waals surface area contributed by atoms with Crippen LogP contribution in [0.1, 0.15) is 29.9 Å². The monoisotopic (exact) mass is 187 g/mol. The molecular formula is C13H17N. The molecule has 0 radical (unpaired) electrons. The van der Waals surface area contributed by atoms with Gasteiger partial charge in [0.05, 0.1) is 0 Å². The van der Waals surface area contributed by atoms with Crippen LogP contribution < -0.4 is 5.32 Å². The van der Waals surface area contributed by atoms with Gasteiger partial charge in [-0.3, -0.25) is 0 Å². The van der Waals surface area contributed by atoms with Crippen LogP contribution in [0.2, 0.25) is 0 Å². The summed E-state index contributed by atoms with van der Waals surface area (Å²) in [6, 6.07) is 8.76. The molecule has 1 heteroatoms. The molecule has 1 unspecified atom stereocenters. The van der Waals surface area contributed by atoms with Gasteiger partial charge in [-0.1, -0.05) is 36.9 Å². The topological polar surface area (TPSA) is 12.0 Å². The van der Waals surface area contributed by atoms with Gasteiger partial charge in [0, 0.05) is 6.54 Å². The van der Waals surface area contributed by atoms with Gasteiger partial charge in [-0.2, -0.15) is 0 Å². The minimum atomic E-state index is 0.711. The molecule has 1 aromatic carbocycles. The van der Waals surface area contributed by atoms with Crippen LogP contribution in [0.5, 0.6) is 0 Å². The average molecular weight is 187 g/mol. The summed E-state index contributed by atoms with van der Waals surface area (Å²) in [5, 5.41) is 3.44. The molecule has 1 fully saturated rings. The van der Waals surface area contributed by atoms with Gasteiger partial charge in [-0.15, -0.1) is 0 Å². The zero-order valence-corrected chi connectivity index (χ0v) is 8.50. The molecule has 1 N–H and O–H groups in total. The van der Waals surface area contributed by atoms with Gasteiger partial charge in [0.15, 0.2) is 0 Å². The quantitative estimate of drug-likeness (QED) is 0.750. The van der Waals surface area contributed by atoms with E-state index in [1.807, 2.05) is 6.08 Å². The molecule has 1 atom stereocenters. The molecule has 2 rings (SSSR count). The lowest BCUT2D eigenvalue weighted by molar-refractivity contribution is 0.461.